The zero-order valence-corrected chi connectivity index (χ0v) is 29.3. The topological polar surface area (TPSA) is 82.9 Å². The van der Waals surface area contributed by atoms with Gasteiger partial charge in [-0.3, -0.25) is 9.59 Å². The van der Waals surface area contributed by atoms with Gasteiger partial charge in [-0.15, -0.1) is 0 Å². The standard InChI is InChI=1S/C44H41N3O4/c1-29-4-10-35(11-5-29)43(48)46-22-20-41(21-23-46)51-40-16-8-33(9-17-40)28-50-39-18-12-34(13-19-39)36-24-30(2)42-37(26-36)25-31(3)47(44(42)49)38-14-6-32(27-45)7-15-38/h4-19,24,26,31,41H,20-23,25,28H2,1-3H3. The SMILES string of the molecule is Cc1ccc(C(=O)N2CCC(Oc3ccc(COc4ccc(-c5cc(C)c6c(c5)CC(C)N(c5ccc(C#N)cc5)C6=O)cc4)cc3)CC2)cc1. The van der Waals surface area contributed by atoms with Crippen molar-refractivity contribution in [3.05, 3.63) is 148 Å². The number of rotatable bonds is 8. The van der Waals surface area contributed by atoms with E-state index in [1.54, 1.807) is 12.1 Å². The van der Waals surface area contributed by atoms with E-state index in [0.717, 1.165) is 81.0 Å². The molecule has 2 amide bonds. The number of benzene rings is 5. The van der Waals surface area contributed by atoms with Crippen LogP contribution in [0, 0.1) is 25.2 Å². The van der Waals surface area contributed by atoms with Crippen LogP contribution in [0.3, 0.4) is 0 Å². The molecule has 0 saturated carbocycles. The first kappa shape index (κ1) is 33.6. The van der Waals surface area contributed by atoms with Crippen molar-refractivity contribution in [1.82, 2.24) is 4.90 Å². The van der Waals surface area contributed by atoms with Gasteiger partial charge in [-0.1, -0.05) is 54.1 Å². The molecule has 1 saturated heterocycles. The minimum absolute atomic E-state index is 0.00607. The molecule has 0 aromatic heterocycles. The zero-order valence-electron chi connectivity index (χ0n) is 29.3. The lowest BCUT2D eigenvalue weighted by atomic mass is 9.87. The van der Waals surface area contributed by atoms with Crippen molar-refractivity contribution in [2.45, 2.75) is 58.8 Å². The van der Waals surface area contributed by atoms with E-state index in [2.05, 4.69) is 37.3 Å². The molecular weight excluding hydrogens is 635 g/mol. The van der Waals surface area contributed by atoms with Crippen molar-refractivity contribution in [3.8, 4) is 28.7 Å². The Morgan fingerprint density at radius 2 is 1.49 bits per heavy atom. The number of hydrogen-bond acceptors (Lipinski definition) is 5. The molecule has 7 rings (SSSR count). The van der Waals surface area contributed by atoms with E-state index < -0.39 is 0 Å². The third kappa shape index (κ3) is 7.36. The minimum Gasteiger partial charge on any atom is -0.490 e. The Bertz CT molecular complexity index is 2070. The first-order valence-corrected chi connectivity index (χ1v) is 17.6. The average molecular weight is 676 g/mol. The fourth-order valence-corrected chi connectivity index (χ4v) is 7.11. The Kier molecular flexibility index (Phi) is 9.59. The molecule has 0 spiro atoms. The van der Waals surface area contributed by atoms with Crippen LogP contribution in [0.5, 0.6) is 11.5 Å². The number of amides is 2. The van der Waals surface area contributed by atoms with Crippen LogP contribution in [-0.4, -0.2) is 41.9 Å². The van der Waals surface area contributed by atoms with Crippen molar-refractivity contribution in [3.63, 3.8) is 0 Å². The van der Waals surface area contributed by atoms with Gasteiger partial charge in [0.1, 0.15) is 24.2 Å². The number of fused-ring (bicyclic) bond motifs is 1. The number of aryl methyl sites for hydroxylation is 2. The predicted octanol–water partition coefficient (Wildman–Crippen LogP) is 8.70. The van der Waals surface area contributed by atoms with Crippen LogP contribution in [0.4, 0.5) is 5.69 Å². The van der Waals surface area contributed by atoms with E-state index in [1.165, 1.54) is 0 Å². The number of carbonyl (C=O) groups excluding carboxylic acids is 2. The third-order valence-electron chi connectivity index (χ3n) is 9.93. The Morgan fingerprint density at radius 1 is 0.824 bits per heavy atom. The van der Waals surface area contributed by atoms with Gasteiger partial charge in [0.05, 0.1) is 11.6 Å². The van der Waals surface area contributed by atoms with Crippen LogP contribution < -0.4 is 14.4 Å². The number of ether oxygens (including phenoxy) is 2. The van der Waals surface area contributed by atoms with Gasteiger partial charge < -0.3 is 19.3 Å². The van der Waals surface area contributed by atoms with E-state index in [-0.39, 0.29) is 24.0 Å². The number of piperidine rings is 1. The molecule has 1 fully saturated rings. The van der Waals surface area contributed by atoms with Crippen LogP contribution in [-0.2, 0) is 13.0 Å². The lowest BCUT2D eigenvalue weighted by Gasteiger charge is -2.35. The maximum Gasteiger partial charge on any atom is 0.259 e. The van der Waals surface area contributed by atoms with Gasteiger partial charge in [0, 0.05) is 48.8 Å². The quantitative estimate of drug-likeness (QED) is 0.164. The minimum atomic E-state index is -0.0103. The summed E-state index contributed by atoms with van der Waals surface area (Å²) < 4.78 is 12.4. The molecule has 0 radical (unpaired) electrons. The highest BCUT2D eigenvalue weighted by Crippen LogP contribution is 2.34. The van der Waals surface area contributed by atoms with E-state index in [9.17, 15) is 9.59 Å². The van der Waals surface area contributed by atoms with Crippen molar-refractivity contribution in [1.29, 1.82) is 5.26 Å². The zero-order chi connectivity index (χ0) is 35.5. The van der Waals surface area contributed by atoms with E-state index >= 15 is 0 Å². The van der Waals surface area contributed by atoms with Crippen molar-refractivity contribution in [2.75, 3.05) is 18.0 Å². The van der Waals surface area contributed by atoms with Crippen molar-refractivity contribution in [2.24, 2.45) is 0 Å². The lowest BCUT2D eigenvalue weighted by molar-refractivity contribution is 0.0595. The second-order valence-electron chi connectivity index (χ2n) is 13.6. The summed E-state index contributed by atoms with van der Waals surface area (Å²) in [5.41, 5.74) is 9.21. The molecule has 1 atom stereocenters. The average Bonchev–Trinajstić information content (AvgIpc) is 3.15. The predicted molar refractivity (Wildman–Crippen MR) is 199 cm³/mol. The summed E-state index contributed by atoms with van der Waals surface area (Å²) in [6.07, 6.45) is 2.44. The summed E-state index contributed by atoms with van der Waals surface area (Å²) in [7, 11) is 0. The van der Waals surface area contributed by atoms with Crippen molar-refractivity contribution >= 4 is 17.5 Å². The molecule has 1 unspecified atom stereocenters. The molecule has 5 aromatic rings. The summed E-state index contributed by atoms with van der Waals surface area (Å²) in [6, 6.07) is 37.4. The Labute approximate surface area is 299 Å². The molecule has 0 bridgehead atoms. The summed E-state index contributed by atoms with van der Waals surface area (Å²) in [5.74, 6) is 1.68. The van der Waals surface area contributed by atoms with E-state index in [1.807, 2.05) is 96.4 Å². The van der Waals surface area contributed by atoms with Crippen LogP contribution in [0.25, 0.3) is 11.1 Å². The van der Waals surface area contributed by atoms with E-state index in [0.29, 0.717) is 25.3 Å². The highest BCUT2D eigenvalue weighted by atomic mass is 16.5. The number of carbonyl (C=O) groups is 2. The summed E-state index contributed by atoms with van der Waals surface area (Å²) in [6.45, 7) is 7.90. The molecule has 256 valence electrons. The van der Waals surface area contributed by atoms with Gasteiger partial charge in [-0.25, -0.2) is 0 Å². The van der Waals surface area contributed by atoms with Crippen LogP contribution in [0.2, 0.25) is 0 Å². The Hall–Kier alpha value is -5.87. The van der Waals surface area contributed by atoms with Gasteiger partial charge in [-0.05, 0) is 116 Å². The van der Waals surface area contributed by atoms with Gasteiger partial charge in [0.25, 0.3) is 11.8 Å². The molecule has 2 aliphatic rings. The second-order valence-corrected chi connectivity index (χ2v) is 13.6. The third-order valence-corrected chi connectivity index (χ3v) is 9.93. The number of anilines is 1. The maximum absolute atomic E-state index is 13.7. The molecule has 7 heteroatoms. The first-order chi connectivity index (χ1) is 24.7. The molecule has 2 heterocycles. The summed E-state index contributed by atoms with van der Waals surface area (Å²) in [5, 5.41) is 9.16. The maximum atomic E-state index is 13.7. The molecule has 5 aromatic carbocycles. The Morgan fingerprint density at radius 3 is 2.16 bits per heavy atom. The fourth-order valence-electron chi connectivity index (χ4n) is 7.11. The summed E-state index contributed by atoms with van der Waals surface area (Å²) >= 11 is 0. The number of nitriles is 1. The number of hydrogen-bond donors (Lipinski definition) is 0. The highest BCUT2D eigenvalue weighted by molar-refractivity contribution is 6.10. The van der Waals surface area contributed by atoms with Crippen LogP contribution >= 0.6 is 0 Å². The lowest BCUT2D eigenvalue weighted by Crippen LogP contribution is -2.44. The van der Waals surface area contributed by atoms with Gasteiger partial charge in [0.15, 0.2) is 0 Å². The number of likely N-dealkylation sites (tertiary alicyclic amines) is 1. The van der Waals surface area contributed by atoms with Crippen LogP contribution in [0.15, 0.2) is 109 Å². The number of nitrogens with zero attached hydrogens (tertiary/aromatic N) is 3. The van der Waals surface area contributed by atoms with E-state index in [4.69, 9.17) is 14.7 Å². The van der Waals surface area contributed by atoms with Gasteiger partial charge in [0.2, 0.25) is 0 Å². The normalized spacial score (nSPS) is 16.0. The molecule has 0 aliphatic carbocycles. The van der Waals surface area contributed by atoms with Crippen molar-refractivity contribution < 1.29 is 19.1 Å². The van der Waals surface area contributed by atoms with Gasteiger partial charge >= 0.3 is 0 Å². The monoisotopic (exact) mass is 675 g/mol. The second kappa shape index (κ2) is 14.5. The van der Waals surface area contributed by atoms with Crippen LogP contribution in [0.1, 0.15) is 68.3 Å². The fraction of sp³-hybridized carbons (Fsp3) is 0.250. The molecular formula is C44H41N3O4. The Balaban J connectivity index is 0.922. The largest absolute Gasteiger partial charge is 0.490 e. The molecule has 51 heavy (non-hydrogen) atoms. The summed E-state index contributed by atoms with van der Waals surface area (Å²) in [4.78, 5) is 30.3. The highest BCUT2D eigenvalue weighted by Gasteiger charge is 2.32. The molecule has 7 nitrogen and oxygen atoms in total. The molecule has 0 N–H and O–H groups in total. The van der Waals surface area contributed by atoms with Gasteiger partial charge in [-0.2, -0.15) is 5.26 Å². The first-order valence-electron chi connectivity index (χ1n) is 17.6. The smallest absolute Gasteiger partial charge is 0.259 e. The molecule has 2 aliphatic heterocycles.